The minimum atomic E-state index is -0.768. The largest absolute Gasteiger partial charge is 0.462 e. The maximum absolute atomic E-state index is 12.7. The van der Waals surface area contributed by atoms with Crippen molar-refractivity contribution >= 4 is 17.9 Å². The summed E-state index contributed by atoms with van der Waals surface area (Å²) in [5.41, 5.74) is 0. The van der Waals surface area contributed by atoms with E-state index in [-0.39, 0.29) is 31.1 Å². The van der Waals surface area contributed by atoms with Crippen molar-refractivity contribution in [3.05, 3.63) is 24.3 Å². The smallest absolute Gasteiger partial charge is 0.306 e. The van der Waals surface area contributed by atoms with E-state index in [4.69, 9.17) is 14.2 Å². The van der Waals surface area contributed by atoms with E-state index >= 15 is 0 Å². The van der Waals surface area contributed by atoms with Crippen molar-refractivity contribution in [1.29, 1.82) is 0 Å². The lowest BCUT2D eigenvalue weighted by molar-refractivity contribution is -0.167. The van der Waals surface area contributed by atoms with Gasteiger partial charge >= 0.3 is 17.9 Å². The van der Waals surface area contributed by atoms with Gasteiger partial charge in [-0.25, -0.2) is 0 Å². The van der Waals surface area contributed by atoms with Gasteiger partial charge in [0.15, 0.2) is 6.10 Å². The highest BCUT2D eigenvalue weighted by atomic mass is 16.6. The second-order valence-corrected chi connectivity index (χ2v) is 19.9. The standard InChI is InChI=1S/C60H112O6/c1-4-7-10-13-16-18-20-22-23-24-25-26-27-28-29-30-31-32-33-34-35-36-37-39-40-42-44-47-50-53-59(62)65-56-57(55-64-58(61)52-49-46-15-12-9-6-3)66-60(63)54-51-48-45-43-41-38-21-19-17-14-11-8-5-2/h19,21,24-25,57H,4-18,20,22-23,26-56H2,1-3H3/b21-19-,25-24-. The fourth-order valence-corrected chi connectivity index (χ4v) is 8.73. The Labute approximate surface area is 411 Å². The van der Waals surface area contributed by atoms with Crippen LogP contribution in [0.4, 0.5) is 0 Å². The quantitative estimate of drug-likeness (QED) is 0.0262. The van der Waals surface area contributed by atoms with Crippen LogP contribution in [0.25, 0.3) is 0 Å². The van der Waals surface area contributed by atoms with Crippen LogP contribution in [0.15, 0.2) is 24.3 Å². The average molecular weight is 930 g/mol. The number of esters is 3. The summed E-state index contributed by atoms with van der Waals surface area (Å²) < 4.78 is 16.7. The van der Waals surface area contributed by atoms with E-state index in [0.717, 1.165) is 64.2 Å². The Morgan fingerprint density at radius 3 is 0.773 bits per heavy atom. The first-order valence-electron chi connectivity index (χ1n) is 29.3. The molecule has 0 radical (unpaired) electrons. The normalized spacial score (nSPS) is 12.1. The highest BCUT2D eigenvalue weighted by molar-refractivity contribution is 5.71. The molecule has 0 saturated heterocycles. The number of unbranched alkanes of at least 4 members (excludes halogenated alkanes) is 39. The van der Waals surface area contributed by atoms with Crippen molar-refractivity contribution < 1.29 is 28.6 Å². The van der Waals surface area contributed by atoms with E-state index in [0.29, 0.717) is 19.3 Å². The van der Waals surface area contributed by atoms with E-state index in [1.54, 1.807) is 0 Å². The maximum Gasteiger partial charge on any atom is 0.306 e. The maximum atomic E-state index is 12.7. The minimum absolute atomic E-state index is 0.0707. The van der Waals surface area contributed by atoms with Crippen molar-refractivity contribution in [1.82, 2.24) is 0 Å². The number of carbonyl (C=O) groups is 3. The Bertz CT molecular complexity index is 1070. The fourth-order valence-electron chi connectivity index (χ4n) is 8.73. The molecule has 66 heavy (non-hydrogen) atoms. The lowest BCUT2D eigenvalue weighted by atomic mass is 10.0. The molecule has 0 N–H and O–H groups in total. The van der Waals surface area contributed by atoms with E-state index in [1.807, 2.05) is 0 Å². The van der Waals surface area contributed by atoms with Crippen molar-refractivity contribution in [3.63, 3.8) is 0 Å². The second-order valence-electron chi connectivity index (χ2n) is 19.9. The number of hydrogen-bond acceptors (Lipinski definition) is 6. The zero-order valence-electron chi connectivity index (χ0n) is 44.5. The molecule has 388 valence electrons. The van der Waals surface area contributed by atoms with Gasteiger partial charge in [0.2, 0.25) is 0 Å². The lowest BCUT2D eigenvalue weighted by Crippen LogP contribution is -2.30. The number of hydrogen-bond donors (Lipinski definition) is 0. The molecule has 0 bridgehead atoms. The van der Waals surface area contributed by atoms with Crippen LogP contribution in [0, 0.1) is 0 Å². The van der Waals surface area contributed by atoms with Crippen LogP contribution in [0.3, 0.4) is 0 Å². The van der Waals surface area contributed by atoms with Gasteiger partial charge < -0.3 is 14.2 Å². The van der Waals surface area contributed by atoms with Gasteiger partial charge in [0.1, 0.15) is 13.2 Å². The van der Waals surface area contributed by atoms with Crippen molar-refractivity contribution in [2.24, 2.45) is 0 Å². The lowest BCUT2D eigenvalue weighted by Gasteiger charge is -2.18. The van der Waals surface area contributed by atoms with Gasteiger partial charge in [-0.2, -0.15) is 0 Å². The Kier molecular flexibility index (Phi) is 53.7. The Hall–Kier alpha value is -2.11. The summed E-state index contributed by atoms with van der Waals surface area (Å²) in [5, 5.41) is 0. The van der Waals surface area contributed by atoms with Crippen LogP contribution in [0.2, 0.25) is 0 Å². The molecule has 0 aliphatic rings. The number of allylic oxidation sites excluding steroid dienone is 4. The second kappa shape index (κ2) is 55.5. The molecule has 0 aliphatic heterocycles. The van der Waals surface area contributed by atoms with Crippen LogP contribution < -0.4 is 0 Å². The molecule has 0 aromatic heterocycles. The van der Waals surface area contributed by atoms with Gasteiger partial charge in [-0.1, -0.05) is 257 Å². The van der Waals surface area contributed by atoms with Crippen molar-refractivity contribution in [3.8, 4) is 0 Å². The van der Waals surface area contributed by atoms with Crippen LogP contribution in [0.5, 0.6) is 0 Å². The van der Waals surface area contributed by atoms with Gasteiger partial charge in [-0.15, -0.1) is 0 Å². The molecule has 0 amide bonds. The van der Waals surface area contributed by atoms with E-state index in [1.165, 1.54) is 218 Å². The number of carbonyl (C=O) groups excluding carboxylic acids is 3. The molecule has 0 aromatic carbocycles. The highest BCUT2D eigenvalue weighted by Gasteiger charge is 2.19. The molecular formula is C60H112O6. The van der Waals surface area contributed by atoms with Crippen LogP contribution in [-0.4, -0.2) is 37.2 Å². The first-order valence-corrected chi connectivity index (χ1v) is 29.3. The first-order chi connectivity index (χ1) is 32.5. The van der Waals surface area contributed by atoms with Crippen LogP contribution >= 0.6 is 0 Å². The SMILES string of the molecule is CCCCCC/C=C\CCCCCCCC(=O)OC(COC(=O)CCCCCCCC)COC(=O)CCCCCCCCCCCCCCCCCCC/C=C\CCCCCCCCCC. The Morgan fingerprint density at radius 2 is 0.500 bits per heavy atom. The van der Waals surface area contributed by atoms with Gasteiger partial charge in [0.05, 0.1) is 0 Å². The van der Waals surface area contributed by atoms with Gasteiger partial charge in [-0.3, -0.25) is 14.4 Å². The molecule has 6 heteroatoms. The zero-order chi connectivity index (χ0) is 47.9. The van der Waals surface area contributed by atoms with Crippen LogP contribution in [0.1, 0.15) is 323 Å². The van der Waals surface area contributed by atoms with Gasteiger partial charge in [0, 0.05) is 19.3 Å². The molecule has 0 saturated carbocycles. The van der Waals surface area contributed by atoms with Crippen molar-refractivity contribution in [2.75, 3.05) is 13.2 Å². The number of ether oxygens (including phenoxy) is 3. The molecule has 0 fully saturated rings. The zero-order valence-corrected chi connectivity index (χ0v) is 44.5. The molecule has 0 heterocycles. The molecule has 1 atom stereocenters. The Balaban J connectivity index is 3.96. The summed E-state index contributed by atoms with van der Waals surface area (Å²) in [4.78, 5) is 37.8. The third-order valence-electron chi connectivity index (χ3n) is 13.2. The van der Waals surface area contributed by atoms with Crippen LogP contribution in [-0.2, 0) is 28.6 Å². The average Bonchev–Trinajstić information content (AvgIpc) is 3.31. The summed E-state index contributed by atoms with van der Waals surface area (Å²) in [6, 6.07) is 0. The molecule has 6 nitrogen and oxygen atoms in total. The Morgan fingerprint density at radius 1 is 0.288 bits per heavy atom. The highest BCUT2D eigenvalue weighted by Crippen LogP contribution is 2.17. The molecule has 0 aliphatic carbocycles. The molecule has 0 aromatic rings. The first kappa shape index (κ1) is 63.9. The molecule has 1 unspecified atom stereocenters. The summed E-state index contributed by atoms with van der Waals surface area (Å²) in [5.74, 6) is -0.874. The molecular weight excluding hydrogens is 817 g/mol. The summed E-state index contributed by atoms with van der Waals surface area (Å²) in [6.45, 7) is 6.59. The summed E-state index contributed by atoms with van der Waals surface area (Å²) >= 11 is 0. The van der Waals surface area contributed by atoms with Gasteiger partial charge in [-0.05, 0) is 70.6 Å². The third kappa shape index (κ3) is 52.9. The van der Waals surface area contributed by atoms with Gasteiger partial charge in [0.25, 0.3) is 0 Å². The molecule has 0 spiro atoms. The third-order valence-corrected chi connectivity index (χ3v) is 13.2. The number of rotatable bonds is 54. The predicted octanol–water partition coefficient (Wildman–Crippen LogP) is 19.5. The summed E-state index contributed by atoms with van der Waals surface area (Å²) in [7, 11) is 0. The fraction of sp³-hybridized carbons (Fsp3) is 0.883. The topological polar surface area (TPSA) is 78.9 Å². The predicted molar refractivity (Wildman–Crippen MR) is 284 cm³/mol. The van der Waals surface area contributed by atoms with Crippen molar-refractivity contribution in [2.45, 2.75) is 329 Å². The monoisotopic (exact) mass is 929 g/mol. The molecule has 0 rings (SSSR count). The van der Waals surface area contributed by atoms with E-state index in [2.05, 4.69) is 45.1 Å². The summed E-state index contributed by atoms with van der Waals surface area (Å²) in [6.07, 6.45) is 65.1. The van der Waals surface area contributed by atoms with E-state index in [9.17, 15) is 14.4 Å². The van der Waals surface area contributed by atoms with E-state index < -0.39 is 6.10 Å². The minimum Gasteiger partial charge on any atom is -0.462 e.